The van der Waals surface area contributed by atoms with Crippen molar-refractivity contribution in [2.75, 3.05) is 12.4 Å². The van der Waals surface area contributed by atoms with Crippen molar-refractivity contribution in [1.82, 2.24) is 0 Å². The average Bonchev–Trinajstić information content (AvgIpc) is 2.26. The minimum absolute atomic E-state index is 0.543. The van der Waals surface area contributed by atoms with Gasteiger partial charge in [0.15, 0.2) is 0 Å². The number of nitrogens with one attached hydrogen (secondary N) is 1. The fraction of sp³-hybridized carbons (Fsp3) is 0.364. The molecule has 0 aromatic heterocycles. The number of carboxylic acids is 1. The van der Waals surface area contributed by atoms with Gasteiger partial charge in [0.25, 0.3) is 0 Å². The van der Waals surface area contributed by atoms with Crippen LogP contribution in [0, 0.1) is 0 Å². The summed E-state index contributed by atoms with van der Waals surface area (Å²) in [5.74, 6) is -0.0859. The van der Waals surface area contributed by atoms with E-state index in [0.29, 0.717) is 6.42 Å². The van der Waals surface area contributed by atoms with Crippen LogP contribution in [0.15, 0.2) is 24.3 Å². The highest BCUT2D eigenvalue weighted by molar-refractivity contribution is 5.77. The van der Waals surface area contributed by atoms with E-state index in [2.05, 4.69) is 5.32 Å². The van der Waals surface area contributed by atoms with Gasteiger partial charge < -0.3 is 15.2 Å². The van der Waals surface area contributed by atoms with Gasteiger partial charge in [-0.3, -0.25) is 0 Å². The van der Waals surface area contributed by atoms with Crippen LogP contribution < -0.4 is 10.1 Å². The molecule has 0 saturated heterocycles. The second-order valence-corrected chi connectivity index (χ2v) is 3.17. The molecule has 1 atom stereocenters. The van der Waals surface area contributed by atoms with Gasteiger partial charge in [-0.05, 0) is 30.7 Å². The van der Waals surface area contributed by atoms with Crippen molar-refractivity contribution in [3.63, 3.8) is 0 Å². The number of benzene rings is 1. The molecule has 0 saturated carbocycles. The van der Waals surface area contributed by atoms with Gasteiger partial charge in [-0.25, -0.2) is 4.79 Å². The fourth-order valence-electron chi connectivity index (χ4n) is 1.23. The molecule has 0 fully saturated rings. The lowest BCUT2D eigenvalue weighted by molar-refractivity contribution is -0.137. The monoisotopic (exact) mass is 209 g/mol. The fourth-order valence-corrected chi connectivity index (χ4v) is 1.23. The number of methoxy groups -OCH3 is 1. The van der Waals surface area contributed by atoms with Crippen molar-refractivity contribution in [2.24, 2.45) is 0 Å². The first kappa shape index (κ1) is 11.4. The van der Waals surface area contributed by atoms with E-state index >= 15 is 0 Å². The summed E-state index contributed by atoms with van der Waals surface area (Å²) in [5.41, 5.74) is 0.782. The first-order valence-corrected chi connectivity index (χ1v) is 4.80. The highest BCUT2D eigenvalue weighted by Gasteiger charge is 2.13. The molecule has 4 nitrogen and oxygen atoms in total. The van der Waals surface area contributed by atoms with Gasteiger partial charge in [0, 0.05) is 5.69 Å². The van der Waals surface area contributed by atoms with E-state index in [1.165, 1.54) is 0 Å². The predicted molar refractivity (Wildman–Crippen MR) is 58.3 cm³/mol. The van der Waals surface area contributed by atoms with Crippen molar-refractivity contribution < 1.29 is 14.6 Å². The van der Waals surface area contributed by atoms with Crippen LogP contribution in [0.4, 0.5) is 5.69 Å². The Morgan fingerprint density at radius 3 is 2.47 bits per heavy atom. The zero-order valence-electron chi connectivity index (χ0n) is 8.86. The molecule has 0 spiro atoms. The number of hydrogen-bond donors (Lipinski definition) is 2. The number of carboxylic acid groups (broad SMARTS) is 1. The topological polar surface area (TPSA) is 58.6 Å². The van der Waals surface area contributed by atoms with Crippen molar-refractivity contribution in [1.29, 1.82) is 0 Å². The summed E-state index contributed by atoms with van der Waals surface area (Å²) in [6.45, 7) is 1.83. The first-order valence-electron chi connectivity index (χ1n) is 4.80. The number of ether oxygens (including phenoxy) is 1. The summed E-state index contributed by atoms with van der Waals surface area (Å²) in [4.78, 5) is 10.8. The van der Waals surface area contributed by atoms with E-state index in [0.717, 1.165) is 11.4 Å². The van der Waals surface area contributed by atoms with Crippen LogP contribution in [-0.2, 0) is 4.79 Å². The lowest BCUT2D eigenvalue weighted by Gasteiger charge is -2.13. The van der Waals surface area contributed by atoms with Crippen molar-refractivity contribution in [3.05, 3.63) is 24.3 Å². The van der Waals surface area contributed by atoms with E-state index in [1.807, 2.05) is 6.92 Å². The summed E-state index contributed by atoms with van der Waals surface area (Å²) in [6, 6.07) is 6.63. The van der Waals surface area contributed by atoms with Crippen molar-refractivity contribution in [3.8, 4) is 5.75 Å². The standard InChI is InChI=1S/C11H15NO3/c1-3-10(11(13)14)12-8-4-6-9(15-2)7-5-8/h4-7,10,12H,3H2,1-2H3,(H,13,14). The minimum Gasteiger partial charge on any atom is -0.497 e. The zero-order valence-corrected chi connectivity index (χ0v) is 8.86. The Morgan fingerprint density at radius 1 is 1.47 bits per heavy atom. The van der Waals surface area contributed by atoms with E-state index < -0.39 is 12.0 Å². The molecular weight excluding hydrogens is 194 g/mol. The van der Waals surface area contributed by atoms with Crippen molar-refractivity contribution >= 4 is 11.7 Å². The van der Waals surface area contributed by atoms with E-state index in [4.69, 9.17) is 9.84 Å². The lowest BCUT2D eigenvalue weighted by atomic mass is 10.2. The molecule has 15 heavy (non-hydrogen) atoms. The van der Waals surface area contributed by atoms with E-state index in [-0.39, 0.29) is 0 Å². The highest BCUT2D eigenvalue weighted by Crippen LogP contribution is 2.16. The first-order chi connectivity index (χ1) is 7.17. The molecule has 0 aliphatic heterocycles. The van der Waals surface area contributed by atoms with Gasteiger partial charge in [0.05, 0.1) is 7.11 Å². The maximum absolute atomic E-state index is 10.8. The molecule has 1 rings (SSSR count). The van der Waals surface area contributed by atoms with Crippen LogP contribution in [-0.4, -0.2) is 24.2 Å². The summed E-state index contributed by atoms with van der Waals surface area (Å²) >= 11 is 0. The van der Waals surface area contributed by atoms with Gasteiger partial charge in [-0.15, -0.1) is 0 Å². The maximum atomic E-state index is 10.8. The van der Waals surface area contributed by atoms with Gasteiger partial charge >= 0.3 is 5.97 Å². The van der Waals surface area contributed by atoms with Crippen LogP contribution >= 0.6 is 0 Å². The normalized spacial score (nSPS) is 11.9. The number of aliphatic carboxylic acids is 1. The number of hydrogen-bond acceptors (Lipinski definition) is 3. The van der Waals surface area contributed by atoms with Gasteiger partial charge in [0.1, 0.15) is 11.8 Å². The highest BCUT2D eigenvalue weighted by atomic mass is 16.5. The third kappa shape index (κ3) is 3.16. The summed E-state index contributed by atoms with van der Waals surface area (Å²) in [6.07, 6.45) is 0.543. The summed E-state index contributed by atoms with van der Waals surface area (Å²) in [5, 5.41) is 11.8. The molecule has 0 bridgehead atoms. The van der Waals surface area contributed by atoms with Crippen LogP contribution in [0.1, 0.15) is 13.3 Å². The Hall–Kier alpha value is -1.71. The third-order valence-electron chi connectivity index (χ3n) is 2.14. The zero-order chi connectivity index (χ0) is 11.3. The predicted octanol–water partition coefficient (Wildman–Crippen LogP) is 1.97. The Labute approximate surface area is 88.9 Å². The van der Waals surface area contributed by atoms with Crippen molar-refractivity contribution in [2.45, 2.75) is 19.4 Å². The number of carbonyl (C=O) groups is 1. The third-order valence-corrected chi connectivity index (χ3v) is 2.14. The maximum Gasteiger partial charge on any atom is 0.326 e. The molecule has 0 aliphatic rings. The SMILES string of the molecule is CCC(Nc1ccc(OC)cc1)C(=O)O. The summed E-state index contributed by atoms with van der Waals surface area (Å²) < 4.78 is 5.00. The van der Waals surface area contributed by atoms with Gasteiger partial charge in [-0.1, -0.05) is 6.92 Å². The van der Waals surface area contributed by atoms with Crippen LogP contribution in [0.2, 0.25) is 0 Å². The molecule has 2 N–H and O–H groups in total. The second-order valence-electron chi connectivity index (χ2n) is 3.17. The quantitative estimate of drug-likeness (QED) is 0.778. The Balaban J connectivity index is 2.67. The van der Waals surface area contributed by atoms with E-state index in [9.17, 15) is 4.79 Å². The Morgan fingerprint density at radius 2 is 2.07 bits per heavy atom. The summed E-state index contributed by atoms with van der Waals surface area (Å²) in [7, 11) is 1.59. The molecule has 4 heteroatoms. The molecule has 0 amide bonds. The molecule has 1 unspecified atom stereocenters. The Bertz CT molecular complexity index is 321. The number of anilines is 1. The smallest absolute Gasteiger partial charge is 0.326 e. The molecule has 0 aliphatic carbocycles. The van der Waals surface area contributed by atoms with E-state index in [1.54, 1.807) is 31.4 Å². The largest absolute Gasteiger partial charge is 0.497 e. The second kappa shape index (κ2) is 5.24. The molecule has 1 aromatic carbocycles. The minimum atomic E-state index is -0.840. The molecule has 1 aromatic rings. The van der Waals surface area contributed by atoms with Gasteiger partial charge in [-0.2, -0.15) is 0 Å². The average molecular weight is 209 g/mol. The molecule has 0 radical (unpaired) electrons. The molecule has 0 heterocycles. The Kier molecular flexibility index (Phi) is 3.97. The van der Waals surface area contributed by atoms with Crippen LogP contribution in [0.5, 0.6) is 5.75 Å². The van der Waals surface area contributed by atoms with Gasteiger partial charge in [0.2, 0.25) is 0 Å². The lowest BCUT2D eigenvalue weighted by Crippen LogP contribution is -2.28. The molecule has 82 valence electrons. The van der Waals surface area contributed by atoms with Crippen LogP contribution in [0.25, 0.3) is 0 Å². The number of rotatable bonds is 5. The molecular formula is C11H15NO3. The van der Waals surface area contributed by atoms with Crippen LogP contribution in [0.3, 0.4) is 0 Å².